The van der Waals surface area contributed by atoms with Crippen molar-refractivity contribution in [2.24, 2.45) is 39.9 Å². The first kappa shape index (κ1) is 28.1. The molecule has 1 aromatic carbocycles. The molecule has 7 nitrogen and oxygen atoms in total. The Balaban J connectivity index is 1.68. The first-order valence-electron chi connectivity index (χ1n) is 14.0. The number of aliphatic hydroxyl groups excluding tert-OH is 1. The lowest BCUT2D eigenvalue weighted by Gasteiger charge is -2.63. The Hall–Kier alpha value is -2.41. The summed E-state index contributed by atoms with van der Waals surface area (Å²) < 4.78 is 26.8. The number of aliphatic carboxylic acids is 1. The fourth-order valence-electron chi connectivity index (χ4n) is 8.97. The van der Waals surface area contributed by atoms with Gasteiger partial charge in [-0.1, -0.05) is 33.8 Å². The topological polar surface area (TPSA) is 113 Å². The van der Waals surface area contributed by atoms with Crippen molar-refractivity contribution in [2.45, 2.75) is 85.0 Å². The maximum Gasteiger partial charge on any atom is 0.494 e. The molecular weight excluding hydrogens is 502 g/mol. The molecule has 3 fully saturated rings. The molecule has 1 unspecified atom stereocenters. The van der Waals surface area contributed by atoms with Gasteiger partial charge in [0.15, 0.2) is 17.7 Å². The number of ketones is 1. The van der Waals surface area contributed by atoms with Crippen LogP contribution in [0.1, 0.15) is 71.8 Å². The molecule has 0 saturated heterocycles. The Morgan fingerprint density at radius 2 is 2.05 bits per heavy atom. The summed E-state index contributed by atoms with van der Waals surface area (Å²) in [4.78, 5) is 26.7. The van der Waals surface area contributed by atoms with Crippen LogP contribution in [0.25, 0.3) is 0 Å². The molecule has 9 atom stereocenters. The summed E-state index contributed by atoms with van der Waals surface area (Å²) in [5.41, 5.74) is -1.71. The van der Waals surface area contributed by atoms with Crippen LogP contribution >= 0.6 is 0 Å². The van der Waals surface area contributed by atoms with E-state index in [1.165, 1.54) is 6.07 Å². The highest BCUT2D eigenvalue weighted by Gasteiger charge is 2.69. The molecule has 0 radical (unpaired) electrons. The van der Waals surface area contributed by atoms with Gasteiger partial charge in [-0.15, -0.1) is 12.3 Å². The average molecular weight is 540 g/mol. The van der Waals surface area contributed by atoms with Gasteiger partial charge < -0.3 is 24.6 Å². The van der Waals surface area contributed by atoms with Crippen molar-refractivity contribution in [2.75, 3.05) is 0 Å². The first-order valence-corrected chi connectivity index (χ1v) is 14.0. The van der Waals surface area contributed by atoms with Gasteiger partial charge in [0.25, 0.3) is 0 Å². The molecule has 5 rings (SSSR count). The minimum absolute atomic E-state index is 0.0225. The normalized spacial score (nSPS) is 40.2. The number of hydrogen-bond donors (Lipinski definition) is 3. The minimum atomic E-state index is -1.52. The number of ether oxygens (including phenoxy) is 1. The first-order chi connectivity index (χ1) is 18.3. The van der Waals surface area contributed by atoms with Gasteiger partial charge in [-0.2, -0.15) is 0 Å². The van der Waals surface area contributed by atoms with Gasteiger partial charge in [0.05, 0.1) is 12.7 Å². The van der Waals surface area contributed by atoms with Crippen LogP contribution in [0.15, 0.2) is 12.1 Å². The standard InChI is InChI=1S/C30H38BFO7/c1-6-11-28(4)14-19(24(27(35)36)39-21-8-7-18-15-38-31(37)22(18)23(21)32)29(5)16(2)9-12-30(17(3)26(28)34)13-10-20(33)25(29)30/h1,7-8,16-17,19,24-26,34,37H,9-15H2,2-5H3,(H,35,36)/t16-,17+,19+,24?,25+,26+,28+,29-,30+/m1/s1. The summed E-state index contributed by atoms with van der Waals surface area (Å²) in [6, 6.07) is 2.93. The maximum absolute atomic E-state index is 15.6. The van der Waals surface area contributed by atoms with E-state index in [0.717, 1.165) is 12.8 Å². The Kier molecular flexibility index (Phi) is 6.93. The van der Waals surface area contributed by atoms with E-state index in [-0.39, 0.29) is 48.3 Å². The fraction of sp³-hybridized carbons (Fsp3) is 0.667. The lowest BCUT2D eigenvalue weighted by Crippen LogP contribution is -2.63. The largest absolute Gasteiger partial charge is 0.494 e. The van der Waals surface area contributed by atoms with Gasteiger partial charge in [0.2, 0.25) is 0 Å². The molecule has 3 saturated carbocycles. The number of aliphatic hydroxyl groups is 1. The zero-order valence-corrected chi connectivity index (χ0v) is 23.1. The SMILES string of the molecule is C#CC[C@@]1(C)C[C@@H](C(Oc2ccc3c(c2F)B(O)OC3)C(=O)O)[C@@]2(C)[C@H](C)CC[C@]3(CCC(=O)[C@H]32)[C@@H](C)[C@@H]1O. The van der Waals surface area contributed by atoms with Gasteiger partial charge in [-0.3, -0.25) is 4.79 Å². The van der Waals surface area contributed by atoms with E-state index in [0.29, 0.717) is 18.4 Å². The van der Waals surface area contributed by atoms with E-state index in [1.807, 2.05) is 20.8 Å². The summed E-state index contributed by atoms with van der Waals surface area (Å²) in [6.45, 7) is 8.01. The molecule has 9 heteroatoms. The van der Waals surface area contributed by atoms with Gasteiger partial charge in [-0.05, 0) is 60.0 Å². The number of carboxylic acid groups (broad SMARTS) is 1. The van der Waals surface area contributed by atoms with Crippen molar-refractivity contribution in [3.8, 4) is 18.1 Å². The highest BCUT2D eigenvalue weighted by molar-refractivity contribution is 6.61. The monoisotopic (exact) mass is 540 g/mol. The Bertz CT molecular complexity index is 1230. The number of carbonyl (C=O) groups is 2. The number of terminal acetylenes is 1. The number of carbonyl (C=O) groups excluding carboxylic acids is 1. The van der Waals surface area contributed by atoms with Crippen molar-refractivity contribution in [3.05, 3.63) is 23.5 Å². The van der Waals surface area contributed by atoms with Crippen molar-refractivity contribution >= 4 is 24.3 Å². The summed E-state index contributed by atoms with van der Waals surface area (Å²) in [5.74, 6) is -1.08. The number of hydrogen-bond acceptors (Lipinski definition) is 6. The zero-order valence-electron chi connectivity index (χ0n) is 23.1. The van der Waals surface area contributed by atoms with Crippen molar-refractivity contribution in [1.82, 2.24) is 0 Å². The number of carboxylic acids is 1. The highest BCUT2D eigenvalue weighted by atomic mass is 19.1. The van der Waals surface area contributed by atoms with Gasteiger partial charge in [0.1, 0.15) is 5.78 Å². The van der Waals surface area contributed by atoms with Crippen molar-refractivity contribution < 1.29 is 38.6 Å². The van der Waals surface area contributed by atoms with Crippen LogP contribution in [0, 0.1) is 58.1 Å². The lowest BCUT2D eigenvalue weighted by molar-refractivity contribution is -0.198. The zero-order chi connectivity index (χ0) is 28.5. The molecule has 2 bridgehead atoms. The number of halogens is 1. The molecule has 1 aromatic rings. The molecule has 210 valence electrons. The van der Waals surface area contributed by atoms with Crippen LogP contribution in [0.4, 0.5) is 4.39 Å². The number of benzene rings is 1. The lowest BCUT2D eigenvalue weighted by atomic mass is 9.41. The van der Waals surface area contributed by atoms with Crippen LogP contribution in [0.2, 0.25) is 0 Å². The highest BCUT2D eigenvalue weighted by Crippen LogP contribution is 2.69. The van der Waals surface area contributed by atoms with E-state index in [2.05, 4.69) is 12.8 Å². The number of fused-ring (bicyclic) bond motifs is 1. The molecule has 39 heavy (non-hydrogen) atoms. The number of rotatable bonds is 5. The van der Waals surface area contributed by atoms with Crippen molar-refractivity contribution in [1.29, 1.82) is 0 Å². The Labute approximate surface area is 229 Å². The van der Waals surface area contributed by atoms with E-state index in [1.54, 1.807) is 6.07 Å². The summed E-state index contributed by atoms with van der Waals surface area (Å²) in [5, 5.41) is 32.6. The summed E-state index contributed by atoms with van der Waals surface area (Å²) in [7, 11) is -1.46. The van der Waals surface area contributed by atoms with Crippen LogP contribution < -0.4 is 10.2 Å². The molecule has 0 amide bonds. The Morgan fingerprint density at radius 3 is 2.72 bits per heavy atom. The van der Waals surface area contributed by atoms with E-state index in [9.17, 15) is 24.8 Å². The third-order valence-corrected chi connectivity index (χ3v) is 11.3. The molecule has 1 aliphatic heterocycles. The fourth-order valence-corrected chi connectivity index (χ4v) is 8.97. The Morgan fingerprint density at radius 1 is 1.33 bits per heavy atom. The third kappa shape index (κ3) is 3.97. The molecule has 4 aliphatic rings. The second kappa shape index (κ2) is 9.61. The predicted molar refractivity (Wildman–Crippen MR) is 142 cm³/mol. The molecule has 0 spiro atoms. The minimum Gasteiger partial charge on any atom is -0.478 e. The van der Waals surface area contributed by atoms with E-state index in [4.69, 9.17) is 15.8 Å². The second-order valence-corrected chi connectivity index (χ2v) is 13.0. The third-order valence-electron chi connectivity index (χ3n) is 11.3. The van der Waals surface area contributed by atoms with Crippen LogP contribution in [-0.4, -0.2) is 46.3 Å². The predicted octanol–water partition coefficient (Wildman–Crippen LogP) is 3.32. The van der Waals surface area contributed by atoms with Gasteiger partial charge in [0, 0.05) is 35.6 Å². The average Bonchev–Trinajstić information content (AvgIpc) is 3.44. The van der Waals surface area contributed by atoms with Crippen LogP contribution in [0.5, 0.6) is 5.75 Å². The molecular formula is C30H38BFO7. The van der Waals surface area contributed by atoms with Crippen LogP contribution in [0.3, 0.4) is 0 Å². The summed E-state index contributed by atoms with van der Waals surface area (Å²) >= 11 is 0. The quantitative estimate of drug-likeness (QED) is 0.388. The van der Waals surface area contributed by atoms with E-state index >= 15 is 4.39 Å². The van der Waals surface area contributed by atoms with E-state index < -0.39 is 59.2 Å². The molecule has 3 N–H and O–H groups in total. The van der Waals surface area contributed by atoms with Gasteiger partial charge in [-0.25, -0.2) is 9.18 Å². The maximum atomic E-state index is 15.6. The molecule has 1 heterocycles. The van der Waals surface area contributed by atoms with Gasteiger partial charge >= 0.3 is 13.1 Å². The molecule has 3 aliphatic carbocycles. The van der Waals surface area contributed by atoms with Crippen molar-refractivity contribution in [3.63, 3.8) is 0 Å². The smallest absolute Gasteiger partial charge is 0.478 e. The summed E-state index contributed by atoms with van der Waals surface area (Å²) in [6.07, 6.45) is 6.40. The molecule has 0 aromatic heterocycles. The second-order valence-electron chi connectivity index (χ2n) is 13.0. The number of Topliss-reactive ketones (excluding diaryl/α,β-unsaturated/α-hetero) is 1. The van der Waals surface area contributed by atoms with Crippen LogP contribution in [-0.2, 0) is 20.9 Å².